The predicted octanol–water partition coefficient (Wildman–Crippen LogP) is 0.883. The molecule has 2 N–H and O–H groups in total. The fourth-order valence-corrected chi connectivity index (χ4v) is 2.14. The minimum absolute atomic E-state index is 0.000325. The van der Waals surface area contributed by atoms with E-state index in [1.54, 1.807) is 12.4 Å². The number of imidazole rings is 1. The number of ether oxygens (including phenoxy) is 1. The number of nitrogens with zero attached hydrogens (tertiary/aromatic N) is 1. The molecule has 5 nitrogen and oxygen atoms in total. The number of aromatic amines is 1. The van der Waals surface area contributed by atoms with Crippen LogP contribution in [0.5, 0.6) is 0 Å². The van der Waals surface area contributed by atoms with Gasteiger partial charge in [-0.3, -0.25) is 4.79 Å². The Hall–Kier alpha value is -1.36. The molecule has 2 atom stereocenters. The van der Waals surface area contributed by atoms with E-state index < -0.39 is 0 Å². The molecular weight excluding hydrogens is 218 g/mol. The maximum Gasteiger partial charge on any atom is 0.225 e. The monoisotopic (exact) mass is 237 g/mol. The maximum atomic E-state index is 11.9. The zero-order valence-corrected chi connectivity index (χ0v) is 10.1. The number of nitrogens with one attached hydrogen (secondary N) is 2. The Labute approximate surface area is 101 Å². The van der Waals surface area contributed by atoms with E-state index in [1.807, 2.05) is 6.92 Å². The zero-order chi connectivity index (χ0) is 12.1. The number of aromatic nitrogens is 2. The summed E-state index contributed by atoms with van der Waals surface area (Å²) < 4.78 is 5.48. The van der Waals surface area contributed by atoms with Crippen LogP contribution in [0.2, 0.25) is 0 Å². The van der Waals surface area contributed by atoms with E-state index in [2.05, 4.69) is 15.3 Å². The van der Waals surface area contributed by atoms with E-state index >= 15 is 0 Å². The molecule has 1 amide bonds. The van der Waals surface area contributed by atoms with Crippen molar-refractivity contribution in [2.45, 2.75) is 32.3 Å². The Morgan fingerprint density at radius 2 is 2.59 bits per heavy atom. The van der Waals surface area contributed by atoms with Crippen molar-refractivity contribution in [3.05, 3.63) is 18.2 Å². The third-order valence-electron chi connectivity index (χ3n) is 3.16. The highest BCUT2D eigenvalue weighted by atomic mass is 16.5. The van der Waals surface area contributed by atoms with Crippen molar-refractivity contribution >= 4 is 5.91 Å². The molecule has 0 bridgehead atoms. The normalized spacial score (nSPS) is 24.5. The Morgan fingerprint density at radius 1 is 1.71 bits per heavy atom. The summed E-state index contributed by atoms with van der Waals surface area (Å²) in [5.41, 5.74) is 0. The van der Waals surface area contributed by atoms with Gasteiger partial charge in [0, 0.05) is 32.0 Å². The van der Waals surface area contributed by atoms with Crippen molar-refractivity contribution in [1.29, 1.82) is 0 Å². The highest BCUT2D eigenvalue weighted by Gasteiger charge is 2.28. The fraction of sp³-hybridized carbons (Fsp3) is 0.667. The molecule has 94 valence electrons. The Balaban J connectivity index is 1.73. The number of carbonyl (C=O) groups is 1. The number of amides is 1. The molecule has 1 aromatic rings. The van der Waals surface area contributed by atoms with Gasteiger partial charge in [-0.05, 0) is 19.8 Å². The molecule has 0 saturated carbocycles. The lowest BCUT2D eigenvalue weighted by molar-refractivity contribution is -0.133. The first kappa shape index (κ1) is 12.1. The van der Waals surface area contributed by atoms with Crippen molar-refractivity contribution in [2.24, 2.45) is 5.92 Å². The summed E-state index contributed by atoms with van der Waals surface area (Å²) in [6.07, 6.45) is 6.17. The van der Waals surface area contributed by atoms with Gasteiger partial charge in [0.05, 0.1) is 12.0 Å². The maximum absolute atomic E-state index is 11.9. The second-order valence-electron chi connectivity index (χ2n) is 4.40. The molecule has 1 aromatic heterocycles. The minimum atomic E-state index is 0.000325. The van der Waals surface area contributed by atoms with Crippen LogP contribution in [0, 0.1) is 5.92 Å². The van der Waals surface area contributed by atoms with Crippen LogP contribution in [0.4, 0.5) is 0 Å². The van der Waals surface area contributed by atoms with Crippen LogP contribution in [-0.2, 0) is 16.0 Å². The van der Waals surface area contributed by atoms with Crippen molar-refractivity contribution in [1.82, 2.24) is 15.3 Å². The predicted molar refractivity (Wildman–Crippen MR) is 63.4 cm³/mol. The van der Waals surface area contributed by atoms with E-state index in [1.165, 1.54) is 0 Å². The summed E-state index contributed by atoms with van der Waals surface area (Å²) in [6, 6.07) is 0. The molecule has 5 heteroatoms. The third-order valence-corrected chi connectivity index (χ3v) is 3.16. The molecule has 0 spiro atoms. The largest absolute Gasteiger partial charge is 0.378 e. The minimum Gasteiger partial charge on any atom is -0.378 e. The number of carbonyl (C=O) groups excluding carboxylic acids is 1. The topological polar surface area (TPSA) is 67.0 Å². The van der Waals surface area contributed by atoms with E-state index in [4.69, 9.17) is 4.74 Å². The van der Waals surface area contributed by atoms with Gasteiger partial charge in [0.25, 0.3) is 0 Å². The first-order valence-electron chi connectivity index (χ1n) is 6.15. The van der Waals surface area contributed by atoms with Crippen molar-refractivity contribution in [2.75, 3.05) is 13.2 Å². The summed E-state index contributed by atoms with van der Waals surface area (Å²) in [6.45, 7) is 3.36. The first-order chi connectivity index (χ1) is 8.27. The van der Waals surface area contributed by atoms with Crippen molar-refractivity contribution in [3.63, 3.8) is 0 Å². The highest BCUT2D eigenvalue weighted by molar-refractivity contribution is 5.79. The van der Waals surface area contributed by atoms with Gasteiger partial charge in [-0.25, -0.2) is 4.98 Å². The molecule has 2 rings (SSSR count). The average molecular weight is 237 g/mol. The molecule has 0 radical (unpaired) electrons. The summed E-state index contributed by atoms with van der Waals surface area (Å²) in [5, 5.41) is 2.94. The quantitative estimate of drug-likeness (QED) is 0.817. The summed E-state index contributed by atoms with van der Waals surface area (Å²) in [4.78, 5) is 19.0. The van der Waals surface area contributed by atoms with Crippen molar-refractivity contribution < 1.29 is 9.53 Å². The first-order valence-corrected chi connectivity index (χ1v) is 6.15. The third kappa shape index (κ3) is 3.30. The van der Waals surface area contributed by atoms with Crippen LogP contribution in [-0.4, -0.2) is 35.1 Å². The van der Waals surface area contributed by atoms with Crippen LogP contribution >= 0.6 is 0 Å². The molecule has 0 aromatic carbocycles. The lowest BCUT2D eigenvalue weighted by atomic mass is 9.94. The molecule has 17 heavy (non-hydrogen) atoms. The van der Waals surface area contributed by atoms with Crippen LogP contribution in [0.15, 0.2) is 12.4 Å². The van der Waals surface area contributed by atoms with Gasteiger partial charge in [0.1, 0.15) is 5.82 Å². The summed E-state index contributed by atoms with van der Waals surface area (Å²) in [5.74, 6) is 1.00. The van der Waals surface area contributed by atoms with Gasteiger partial charge in [-0.15, -0.1) is 0 Å². The van der Waals surface area contributed by atoms with E-state index in [0.717, 1.165) is 31.7 Å². The molecule has 1 aliphatic heterocycles. The van der Waals surface area contributed by atoms with Gasteiger partial charge >= 0.3 is 0 Å². The Bertz CT molecular complexity index is 351. The number of hydrogen-bond acceptors (Lipinski definition) is 3. The van der Waals surface area contributed by atoms with Crippen LogP contribution < -0.4 is 5.32 Å². The highest BCUT2D eigenvalue weighted by Crippen LogP contribution is 2.20. The zero-order valence-electron chi connectivity index (χ0n) is 10.1. The molecular formula is C12H19N3O2. The Kier molecular flexibility index (Phi) is 4.14. The van der Waals surface area contributed by atoms with Gasteiger partial charge < -0.3 is 15.0 Å². The standard InChI is InChI=1S/C12H19N3O2/c1-9-10(3-2-8-17-9)12(16)15-5-4-11-13-6-7-14-11/h6-7,9-10H,2-5,8H2,1H3,(H,13,14)(H,15,16)/t9-,10+/m1/s1. The molecule has 1 fully saturated rings. The van der Waals surface area contributed by atoms with E-state index in [-0.39, 0.29) is 17.9 Å². The van der Waals surface area contributed by atoms with Crippen LogP contribution in [0.1, 0.15) is 25.6 Å². The average Bonchev–Trinajstić information content (AvgIpc) is 2.82. The van der Waals surface area contributed by atoms with Crippen LogP contribution in [0.3, 0.4) is 0 Å². The molecule has 0 aliphatic carbocycles. The Morgan fingerprint density at radius 3 is 3.29 bits per heavy atom. The SMILES string of the molecule is C[C@H]1OCCC[C@@H]1C(=O)NCCc1ncc[nH]1. The molecule has 1 aliphatic rings. The second kappa shape index (κ2) is 5.82. The number of H-pyrrole nitrogens is 1. The lowest BCUT2D eigenvalue weighted by Crippen LogP contribution is -2.40. The smallest absolute Gasteiger partial charge is 0.225 e. The van der Waals surface area contributed by atoms with Crippen LogP contribution in [0.25, 0.3) is 0 Å². The fourth-order valence-electron chi connectivity index (χ4n) is 2.14. The van der Waals surface area contributed by atoms with E-state index in [9.17, 15) is 4.79 Å². The molecule has 1 saturated heterocycles. The van der Waals surface area contributed by atoms with E-state index in [0.29, 0.717) is 6.54 Å². The number of rotatable bonds is 4. The van der Waals surface area contributed by atoms with Gasteiger partial charge in [0.15, 0.2) is 0 Å². The van der Waals surface area contributed by atoms with Gasteiger partial charge in [-0.2, -0.15) is 0 Å². The lowest BCUT2D eigenvalue weighted by Gasteiger charge is -2.27. The van der Waals surface area contributed by atoms with Gasteiger partial charge in [0.2, 0.25) is 5.91 Å². The summed E-state index contributed by atoms with van der Waals surface area (Å²) >= 11 is 0. The second-order valence-corrected chi connectivity index (χ2v) is 4.40. The van der Waals surface area contributed by atoms with Crippen molar-refractivity contribution in [3.8, 4) is 0 Å². The van der Waals surface area contributed by atoms with Gasteiger partial charge in [-0.1, -0.05) is 0 Å². The number of hydrogen-bond donors (Lipinski definition) is 2. The molecule has 0 unspecified atom stereocenters. The molecule has 2 heterocycles. The summed E-state index contributed by atoms with van der Waals surface area (Å²) in [7, 11) is 0.